The average molecular weight is 236 g/mol. The maximum atomic E-state index is 4.37. The molecule has 0 bridgehead atoms. The van der Waals surface area contributed by atoms with Crippen LogP contribution in [-0.4, -0.2) is 9.55 Å². The third-order valence-electron chi connectivity index (χ3n) is 2.87. The van der Waals surface area contributed by atoms with Crippen LogP contribution in [0.15, 0.2) is 67.4 Å². The summed E-state index contributed by atoms with van der Waals surface area (Å²) in [4.78, 5) is 4.37. The Balaban J connectivity index is 2.05. The summed E-state index contributed by atoms with van der Waals surface area (Å²) in [6, 6.07) is 14.3. The van der Waals surface area contributed by atoms with Crippen molar-refractivity contribution >= 4 is 0 Å². The molecule has 0 amide bonds. The standard InChI is InChI=1S/C15H14N3/c1-17-9-10-18(12-17)14-6-4-5-13(11-14)15-7-2-3-8-16-15/h2-12H,1H3/q+1. The highest BCUT2D eigenvalue weighted by atomic mass is 15.1. The summed E-state index contributed by atoms with van der Waals surface area (Å²) >= 11 is 0. The van der Waals surface area contributed by atoms with Gasteiger partial charge in [-0.15, -0.1) is 0 Å². The van der Waals surface area contributed by atoms with Gasteiger partial charge in [-0.2, -0.15) is 0 Å². The van der Waals surface area contributed by atoms with Crippen LogP contribution in [-0.2, 0) is 7.05 Å². The molecule has 0 aliphatic rings. The van der Waals surface area contributed by atoms with E-state index in [1.165, 1.54) is 0 Å². The minimum absolute atomic E-state index is 0.996. The second-order valence-corrected chi connectivity index (χ2v) is 4.25. The number of pyridine rings is 1. The molecule has 88 valence electrons. The van der Waals surface area contributed by atoms with Crippen molar-refractivity contribution in [3.63, 3.8) is 0 Å². The van der Waals surface area contributed by atoms with Crippen LogP contribution in [0.5, 0.6) is 0 Å². The molecule has 3 rings (SSSR count). The molecule has 1 aromatic carbocycles. The van der Waals surface area contributed by atoms with E-state index >= 15 is 0 Å². The smallest absolute Gasteiger partial charge is 0.248 e. The summed E-state index contributed by atoms with van der Waals surface area (Å²) in [6.07, 6.45) is 7.92. The van der Waals surface area contributed by atoms with Gasteiger partial charge in [-0.05, 0) is 24.3 Å². The van der Waals surface area contributed by atoms with E-state index in [2.05, 4.69) is 33.8 Å². The van der Waals surface area contributed by atoms with Crippen molar-refractivity contribution in [2.75, 3.05) is 0 Å². The summed E-state index contributed by atoms with van der Waals surface area (Å²) in [5.41, 5.74) is 3.26. The summed E-state index contributed by atoms with van der Waals surface area (Å²) in [5.74, 6) is 0. The van der Waals surface area contributed by atoms with Crippen LogP contribution < -0.4 is 4.57 Å². The highest BCUT2D eigenvalue weighted by Gasteiger charge is 2.06. The molecule has 0 aliphatic carbocycles. The second kappa shape index (κ2) is 4.45. The van der Waals surface area contributed by atoms with E-state index in [-0.39, 0.29) is 0 Å². The van der Waals surface area contributed by atoms with Crippen LogP contribution in [0.1, 0.15) is 0 Å². The molecule has 3 nitrogen and oxygen atoms in total. The predicted molar refractivity (Wildman–Crippen MR) is 70.2 cm³/mol. The number of hydrogen-bond acceptors (Lipinski definition) is 1. The van der Waals surface area contributed by atoms with Gasteiger partial charge >= 0.3 is 0 Å². The van der Waals surface area contributed by atoms with Crippen molar-refractivity contribution in [3.05, 3.63) is 67.4 Å². The Hall–Kier alpha value is -2.42. The highest BCUT2D eigenvalue weighted by Crippen LogP contribution is 2.19. The van der Waals surface area contributed by atoms with Gasteiger partial charge in [-0.1, -0.05) is 18.2 Å². The first-order valence-electron chi connectivity index (χ1n) is 5.88. The first-order valence-corrected chi connectivity index (χ1v) is 5.88. The van der Waals surface area contributed by atoms with Gasteiger partial charge < -0.3 is 0 Å². The molecular weight excluding hydrogens is 222 g/mol. The Morgan fingerprint density at radius 1 is 1.11 bits per heavy atom. The number of benzene rings is 1. The highest BCUT2D eigenvalue weighted by molar-refractivity contribution is 5.61. The third-order valence-corrected chi connectivity index (χ3v) is 2.87. The van der Waals surface area contributed by atoms with Crippen molar-refractivity contribution in [3.8, 4) is 16.9 Å². The Labute approximate surface area is 106 Å². The molecule has 0 radical (unpaired) electrons. The molecular formula is C15H14N3+. The maximum absolute atomic E-state index is 4.37. The van der Waals surface area contributed by atoms with E-state index < -0.39 is 0 Å². The fourth-order valence-electron chi connectivity index (χ4n) is 1.96. The van der Waals surface area contributed by atoms with Crippen LogP contribution in [0.4, 0.5) is 0 Å². The molecule has 0 spiro atoms. The molecule has 0 unspecified atom stereocenters. The molecule has 2 heterocycles. The lowest BCUT2D eigenvalue weighted by Gasteiger charge is -2.01. The molecule has 3 aromatic rings. The normalized spacial score (nSPS) is 10.5. The Morgan fingerprint density at radius 2 is 2.06 bits per heavy atom. The zero-order chi connectivity index (χ0) is 12.4. The fourth-order valence-corrected chi connectivity index (χ4v) is 1.96. The molecule has 0 N–H and O–H groups in total. The monoisotopic (exact) mass is 236 g/mol. The Bertz CT molecular complexity index is 656. The van der Waals surface area contributed by atoms with Crippen LogP contribution in [0.3, 0.4) is 0 Å². The van der Waals surface area contributed by atoms with E-state index in [9.17, 15) is 0 Å². The maximum Gasteiger partial charge on any atom is 0.248 e. The van der Waals surface area contributed by atoms with E-state index in [4.69, 9.17) is 0 Å². The Kier molecular flexibility index (Phi) is 2.65. The number of aromatic nitrogens is 3. The quantitative estimate of drug-likeness (QED) is 0.626. The van der Waals surface area contributed by atoms with Gasteiger partial charge in [0.05, 0.1) is 12.7 Å². The lowest BCUT2D eigenvalue weighted by atomic mass is 10.1. The van der Waals surface area contributed by atoms with Gasteiger partial charge in [0.25, 0.3) is 0 Å². The topological polar surface area (TPSA) is 21.7 Å². The number of nitrogens with zero attached hydrogens (tertiary/aromatic N) is 3. The molecule has 2 aromatic heterocycles. The van der Waals surface area contributed by atoms with E-state index in [1.807, 2.05) is 54.7 Å². The van der Waals surface area contributed by atoms with Crippen molar-refractivity contribution < 1.29 is 4.57 Å². The summed E-state index contributed by atoms with van der Waals surface area (Å²) in [5, 5.41) is 0. The lowest BCUT2D eigenvalue weighted by Crippen LogP contribution is -2.23. The zero-order valence-corrected chi connectivity index (χ0v) is 10.2. The first kappa shape index (κ1) is 10.7. The van der Waals surface area contributed by atoms with Crippen molar-refractivity contribution in [2.24, 2.45) is 7.05 Å². The third kappa shape index (κ3) is 2.02. The molecule has 0 atom stereocenters. The average Bonchev–Trinajstić information content (AvgIpc) is 2.87. The molecule has 0 aliphatic heterocycles. The largest absolute Gasteiger partial charge is 0.256 e. The van der Waals surface area contributed by atoms with Gasteiger partial charge in [-0.3, -0.25) is 4.98 Å². The second-order valence-electron chi connectivity index (χ2n) is 4.25. The summed E-state index contributed by atoms with van der Waals surface area (Å²) in [7, 11) is 2.01. The molecule has 0 fully saturated rings. The van der Waals surface area contributed by atoms with E-state index in [0.717, 1.165) is 16.9 Å². The lowest BCUT2D eigenvalue weighted by molar-refractivity contribution is -0.670. The first-order chi connectivity index (χ1) is 8.83. The number of rotatable bonds is 2. The van der Waals surface area contributed by atoms with Gasteiger partial charge in [-0.25, -0.2) is 9.13 Å². The van der Waals surface area contributed by atoms with E-state index in [0.29, 0.717) is 0 Å². The number of aryl methyl sites for hydroxylation is 1. The minimum atomic E-state index is 0.996. The van der Waals surface area contributed by atoms with Crippen molar-refractivity contribution in [1.29, 1.82) is 0 Å². The van der Waals surface area contributed by atoms with Crippen LogP contribution in [0.25, 0.3) is 16.9 Å². The number of imidazole rings is 1. The molecule has 3 heteroatoms. The van der Waals surface area contributed by atoms with Crippen LogP contribution in [0, 0.1) is 0 Å². The van der Waals surface area contributed by atoms with Crippen molar-refractivity contribution in [2.45, 2.75) is 0 Å². The van der Waals surface area contributed by atoms with Gasteiger partial charge in [0.2, 0.25) is 6.33 Å². The Morgan fingerprint density at radius 3 is 2.78 bits per heavy atom. The number of hydrogen-bond donors (Lipinski definition) is 0. The van der Waals surface area contributed by atoms with E-state index in [1.54, 1.807) is 0 Å². The minimum Gasteiger partial charge on any atom is -0.256 e. The van der Waals surface area contributed by atoms with Crippen LogP contribution in [0.2, 0.25) is 0 Å². The summed E-state index contributed by atoms with van der Waals surface area (Å²) in [6.45, 7) is 0. The fraction of sp³-hybridized carbons (Fsp3) is 0.0667. The molecule has 18 heavy (non-hydrogen) atoms. The van der Waals surface area contributed by atoms with Gasteiger partial charge in [0.1, 0.15) is 18.1 Å². The molecule has 0 saturated carbocycles. The summed E-state index contributed by atoms with van der Waals surface area (Å²) < 4.78 is 4.11. The van der Waals surface area contributed by atoms with Crippen molar-refractivity contribution in [1.82, 2.24) is 9.55 Å². The predicted octanol–water partition coefficient (Wildman–Crippen LogP) is 2.36. The zero-order valence-electron chi connectivity index (χ0n) is 10.2. The van der Waals surface area contributed by atoms with Gasteiger partial charge in [0, 0.05) is 11.8 Å². The molecule has 0 saturated heterocycles. The SMILES string of the molecule is C[n+]1ccn(-c2cccc(-c3ccccn3)c2)c1. The van der Waals surface area contributed by atoms with Gasteiger partial charge in [0.15, 0.2) is 0 Å². The van der Waals surface area contributed by atoms with Crippen LogP contribution >= 0.6 is 0 Å².